The van der Waals surface area contributed by atoms with Crippen LogP contribution in [0.25, 0.3) is 10.1 Å². The number of benzene rings is 2. The molecule has 0 aliphatic carbocycles. The van der Waals surface area contributed by atoms with Crippen molar-refractivity contribution in [1.29, 1.82) is 0 Å². The third-order valence-electron chi connectivity index (χ3n) is 3.00. The minimum Gasteiger partial charge on any atom is -0.346 e. The van der Waals surface area contributed by atoms with Gasteiger partial charge in [-0.15, -0.1) is 11.5 Å². The molecule has 1 aromatic heterocycles. The van der Waals surface area contributed by atoms with Crippen LogP contribution in [0.2, 0.25) is 0 Å². The Morgan fingerprint density at radius 1 is 1.15 bits per heavy atom. The SMILES string of the molecule is Cc1ccc2c(C(=O)c3ccc(I)cc3)[c-]sc2c1.[Y]. The van der Waals surface area contributed by atoms with Gasteiger partial charge < -0.3 is 4.79 Å². The van der Waals surface area contributed by atoms with Crippen molar-refractivity contribution in [3.05, 3.63) is 68.1 Å². The van der Waals surface area contributed by atoms with Gasteiger partial charge in [-0.3, -0.25) is 11.3 Å². The molecule has 1 radical (unpaired) electrons. The molecule has 0 fully saturated rings. The Morgan fingerprint density at radius 2 is 1.85 bits per heavy atom. The average molecular weight is 466 g/mol. The number of hydrogen-bond donors (Lipinski definition) is 0. The Labute approximate surface area is 160 Å². The second-order valence-corrected chi connectivity index (χ2v) is 6.51. The van der Waals surface area contributed by atoms with Crippen LogP contribution in [0.1, 0.15) is 21.5 Å². The van der Waals surface area contributed by atoms with Crippen LogP contribution in [0, 0.1) is 15.9 Å². The number of carbonyl (C=O) groups excluding carboxylic acids is 1. The van der Waals surface area contributed by atoms with Crippen LogP contribution in [0.5, 0.6) is 0 Å². The number of hydrogen-bond acceptors (Lipinski definition) is 2. The van der Waals surface area contributed by atoms with Crippen molar-refractivity contribution in [2.24, 2.45) is 0 Å². The van der Waals surface area contributed by atoms with Crippen LogP contribution in [-0.4, -0.2) is 5.78 Å². The van der Waals surface area contributed by atoms with E-state index in [9.17, 15) is 4.79 Å². The van der Waals surface area contributed by atoms with Gasteiger partial charge in [0.15, 0.2) is 0 Å². The normalized spacial score (nSPS) is 10.3. The van der Waals surface area contributed by atoms with Crippen molar-refractivity contribution in [3.8, 4) is 0 Å². The Balaban J connectivity index is 0.00000147. The molecule has 0 amide bonds. The first-order chi connectivity index (χ1) is 9.15. The van der Waals surface area contributed by atoms with Gasteiger partial charge in [0.1, 0.15) is 5.78 Å². The van der Waals surface area contributed by atoms with Crippen molar-refractivity contribution in [3.63, 3.8) is 0 Å². The fourth-order valence-corrected chi connectivity index (χ4v) is 3.29. The van der Waals surface area contributed by atoms with Gasteiger partial charge in [-0.05, 0) is 47.2 Å². The predicted molar refractivity (Wildman–Crippen MR) is 88.0 cm³/mol. The van der Waals surface area contributed by atoms with Gasteiger partial charge in [0, 0.05) is 36.3 Å². The molecule has 1 heterocycles. The molecule has 4 heteroatoms. The van der Waals surface area contributed by atoms with Crippen molar-refractivity contribution >= 4 is 49.8 Å². The summed E-state index contributed by atoms with van der Waals surface area (Å²) in [6.07, 6.45) is 0. The van der Waals surface area contributed by atoms with Crippen LogP contribution in [0.4, 0.5) is 0 Å². The number of halogens is 1. The molecule has 0 spiro atoms. The van der Waals surface area contributed by atoms with E-state index >= 15 is 0 Å². The van der Waals surface area contributed by atoms with E-state index in [1.54, 1.807) is 0 Å². The fraction of sp³-hybridized carbons (Fsp3) is 0.0625. The van der Waals surface area contributed by atoms with E-state index in [1.807, 2.05) is 36.4 Å². The van der Waals surface area contributed by atoms with Gasteiger partial charge in [0.05, 0.1) is 0 Å². The van der Waals surface area contributed by atoms with Gasteiger partial charge in [0.2, 0.25) is 0 Å². The summed E-state index contributed by atoms with van der Waals surface area (Å²) in [6.45, 7) is 2.06. The second kappa shape index (κ2) is 6.78. The summed E-state index contributed by atoms with van der Waals surface area (Å²) in [4.78, 5) is 12.5. The summed E-state index contributed by atoms with van der Waals surface area (Å²) in [7, 11) is 0. The summed E-state index contributed by atoms with van der Waals surface area (Å²) < 4.78 is 2.25. The minimum absolute atomic E-state index is 0. The Bertz CT molecular complexity index is 762. The van der Waals surface area contributed by atoms with E-state index in [0.29, 0.717) is 5.56 Å². The van der Waals surface area contributed by atoms with E-state index in [1.165, 1.54) is 16.9 Å². The smallest absolute Gasteiger partial charge is 0.108 e. The van der Waals surface area contributed by atoms with E-state index in [2.05, 4.69) is 41.0 Å². The maximum absolute atomic E-state index is 12.5. The second-order valence-electron chi connectivity index (χ2n) is 4.41. The van der Waals surface area contributed by atoms with Crippen LogP contribution >= 0.6 is 33.9 Å². The van der Waals surface area contributed by atoms with Crippen molar-refractivity contribution < 1.29 is 37.5 Å². The molecule has 0 unspecified atom stereocenters. The fourth-order valence-electron chi connectivity index (χ4n) is 2.00. The van der Waals surface area contributed by atoms with Gasteiger partial charge in [-0.1, -0.05) is 45.5 Å². The van der Waals surface area contributed by atoms with Crippen molar-refractivity contribution in [2.75, 3.05) is 0 Å². The van der Waals surface area contributed by atoms with Crippen LogP contribution in [0.15, 0.2) is 42.5 Å². The molecule has 0 aliphatic rings. The Hall–Kier alpha value is -0.0961. The number of carbonyl (C=O) groups is 1. The van der Waals surface area contributed by atoms with Crippen LogP contribution in [0.3, 0.4) is 0 Å². The third-order valence-corrected chi connectivity index (χ3v) is 4.59. The first-order valence-electron chi connectivity index (χ1n) is 5.86. The number of aryl methyl sites for hydroxylation is 1. The Kier molecular flexibility index (Phi) is 5.52. The molecular formula is C16H10IOSY-. The molecular weight excluding hydrogens is 456 g/mol. The van der Waals surface area contributed by atoms with Crippen molar-refractivity contribution in [1.82, 2.24) is 0 Å². The largest absolute Gasteiger partial charge is 0.346 e. The topological polar surface area (TPSA) is 17.1 Å². The quantitative estimate of drug-likeness (QED) is 0.300. The molecule has 0 atom stereocenters. The van der Waals surface area contributed by atoms with E-state index < -0.39 is 0 Å². The Morgan fingerprint density at radius 3 is 2.55 bits per heavy atom. The molecule has 0 saturated heterocycles. The van der Waals surface area contributed by atoms with Crippen LogP contribution in [-0.2, 0) is 32.7 Å². The number of thiophene rings is 1. The number of fused-ring (bicyclic) bond motifs is 1. The monoisotopic (exact) mass is 466 g/mol. The molecule has 2 aromatic carbocycles. The average Bonchev–Trinajstić information content (AvgIpc) is 2.81. The summed E-state index contributed by atoms with van der Waals surface area (Å²) in [5.74, 6) is 0.0477. The first-order valence-corrected chi connectivity index (χ1v) is 7.76. The van der Waals surface area contributed by atoms with Gasteiger partial charge in [-0.25, -0.2) is 0 Å². The van der Waals surface area contributed by atoms with Gasteiger partial charge in [-0.2, -0.15) is 0 Å². The van der Waals surface area contributed by atoms with E-state index in [4.69, 9.17) is 0 Å². The number of ketones is 1. The summed E-state index contributed by atoms with van der Waals surface area (Å²) in [6, 6.07) is 13.8. The standard InChI is InChI=1S/C16H10IOS.Y/c1-10-2-7-13-14(9-19-15(13)8-10)16(18)11-3-5-12(17)6-4-11;/h2-8H,1H3;/q-1;. The predicted octanol–water partition coefficient (Wildman–Crippen LogP) is 4.84. The number of rotatable bonds is 2. The molecule has 97 valence electrons. The zero-order valence-corrected chi connectivity index (χ0v) is 16.6. The zero-order valence-electron chi connectivity index (χ0n) is 10.8. The molecule has 0 N–H and O–H groups in total. The van der Waals surface area contributed by atoms with E-state index in [-0.39, 0.29) is 38.5 Å². The zero-order chi connectivity index (χ0) is 13.4. The van der Waals surface area contributed by atoms with Gasteiger partial charge >= 0.3 is 0 Å². The molecule has 0 bridgehead atoms. The minimum atomic E-state index is 0. The molecule has 20 heavy (non-hydrogen) atoms. The summed E-state index contributed by atoms with van der Waals surface area (Å²) in [5, 5.41) is 4.14. The van der Waals surface area contributed by atoms with E-state index in [0.717, 1.165) is 19.2 Å². The summed E-state index contributed by atoms with van der Waals surface area (Å²) in [5.41, 5.74) is 2.61. The maximum Gasteiger partial charge on any atom is 0.108 e. The third kappa shape index (κ3) is 3.21. The molecule has 3 rings (SSSR count). The first kappa shape index (κ1) is 16.3. The van der Waals surface area contributed by atoms with Gasteiger partial charge in [0.25, 0.3) is 0 Å². The van der Waals surface area contributed by atoms with Crippen molar-refractivity contribution in [2.45, 2.75) is 6.92 Å². The molecule has 1 nitrogen and oxygen atoms in total. The maximum atomic E-state index is 12.5. The summed E-state index contributed by atoms with van der Waals surface area (Å²) >= 11 is 3.74. The molecule has 0 aliphatic heterocycles. The molecule has 3 aromatic rings. The molecule has 0 saturated carbocycles. The van der Waals surface area contributed by atoms with Crippen LogP contribution < -0.4 is 0 Å².